The smallest absolute Gasteiger partial charge is 0.266 e. The lowest BCUT2D eigenvalue weighted by atomic mass is 10.0. The molecular weight excluding hydrogens is 366 g/mol. The van der Waals surface area contributed by atoms with E-state index in [4.69, 9.17) is 14.2 Å². The van der Waals surface area contributed by atoms with Gasteiger partial charge in [0, 0.05) is 17.2 Å². The van der Waals surface area contributed by atoms with Crippen LogP contribution in [0.15, 0.2) is 78.9 Å². The Kier molecular flexibility index (Phi) is 6.74. The third-order valence-electron chi connectivity index (χ3n) is 4.60. The van der Waals surface area contributed by atoms with Crippen molar-refractivity contribution < 1.29 is 19.0 Å². The summed E-state index contributed by atoms with van der Waals surface area (Å²) >= 11 is 0. The van der Waals surface area contributed by atoms with Gasteiger partial charge < -0.3 is 19.5 Å². The molecule has 0 radical (unpaired) electrons. The molecule has 0 spiro atoms. The van der Waals surface area contributed by atoms with E-state index >= 15 is 0 Å². The number of methoxy groups -OCH3 is 2. The Balaban J connectivity index is 1.83. The zero-order chi connectivity index (χ0) is 20.6. The molecule has 0 saturated heterocycles. The van der Waals surface area contributed by atoms with Gasteiger partial charge in [-0.2, -0.15) is 0 Å². The number of carbonyl (C=O) groups is 1. The normalized spacial score (nSPS) is 12.5. The summed E-state index contributed by atoms with van der Waals surface area (Å²) < 4.78 is 16.7. The topological polar surface area (TPSA) is 56.8 Å². The molecule has 2 unspecified atom stereocenters. The number of amides is 1. The summed E-state index contributed by atoms with van der Waals surface area (Å²) in [5, 5.41) is 3.04. The Morgan fingerprint density at radius 1 is 0.828 bits per heavy atom. The summed E-state index contributed by atoms with van der Waals surface area (Å²) in [6.07, 6.45) is -0.773. The highest BCUT2D eigenvalue weighted by Gasteiger charge is 2.25. The Morgan fingerprint density at radius 3 is 2.10 bits per heavy atom. The van der Waals surface area contributed by atoms with Crippen LogP contribution in [0.1, 0.15) is 30.2 Å². The van der Waals surface area contributed by atoms with Crippen molar-refractivity contribution in [2.75, 3.05) is 14.2 Å². The predicted molar refractivity (Wildman–Crippen MR) is 112 cm³/mol. The molecule has 0 heterocycles. The number of carbonyl (C=O) groups excluding carboxylic acids is 1. The average molecular weight is 391 g/mol. The molecule has 0 fully saturated rings. The van der Waals surface area contributed by atoms with E-state index in [-0.39, 0.29) is 11.9 Å². The lowest BCUT2D eigenvalue weighted by Gasteiger charge is -2.23. The molecule has 0 aliphatic carbocycles. The number of nitrogens with one attached hydrogen (secondary N) is 1. The number of para-hydroxylation sites is 1. The van der Waals surface area contributed by atoms with Crippen LogP contribution in [0.25, 0.3) is 0 Å². The third kappa shape index (κ3) is 5.08. The van der Waals surface area contributed by atoms with E-state index in [1.54, 1.807) is 20.3 Å². The molecule has 29 heavy (non-hydrogen) atoms. The maximum Gasteiger partial charge on any atom is 0.266 e. The number of rotatable bonds is 8. The number of hydrogen-bond acceptors (Lipinski definition) is 4. The molecule has 5 heteroatoms. The highest BCUT2D eigenvalue weighted by molar-refractivity contribution is 5.83. The minimum atomic E-state index is -0.773. The van der Waals surface area contributed by atoms with Crippen molar-refractivity contribution >= 4 is 5.91 Å². The van der Waals surface area contributed by atoms with Crippen LogP contribution in [0.2, 0.25) is 0 Å². The van der Waals surface area contributed by atoms with Gasteiger partial charge in [0.25, 0.3) is 5.91 Å². The van der Waals surface area contributed by atoms with Gasteiger partial charge in [0.05, 0.1) is 20.3 Å². The summed E-state index contributed by atoms with van der Waals surface area (Å²) in [7, 11) is 3.20. The average Bonchev–Trinajstić information content (AvgIpc) is 2.78. The van der Waals surface area contributed by atoms with E-state index in [2.05, 4.69) is 5.32 Å². The van der Waals surface area contributed by atoms with Crippen LogP contribution in [-0.2, 0) is 4.79 Å². The molecule has 1 amide bonds. The van der Waals surface area contributed by atoms with Gasteiger partial charge >= 0.3 is 0 Å². The molecule has 5 nitrogen and oxygen atoms in total. The maximum atomic E-state index is 13.2. The Hall–Kier alpha value is -3.47. The van der Waals surface area contributed by atoms with Crippen molar-refractivity contribution in [2.45, 2.75) is 19.1 Å². The van der Waals surface area contributed by atoms with Crippen molar-refractivity contribution in [1.82, 2.24) is 5.32 Å². The first kappa shape index (κ1) is 20.3. The molecule has 150 valence electrons. The van der Waals surface area contributed by atoms with Crippen LogP contribution in [0.3, 0.4) is 0 Å². The Labute approximate surface area is 171 Å². The molecular formula is C24H25NO4. The third-order valence-corrected chi connectivity index (χ3v) is 4.60. The zero-order valence-corrected chi connectivity index (χ0v) is 16.8. The molecule has 0 saturated carbocycles. The van der Waals surface area contributed by atoms with Gasteiger partial charge in [-0.3, -0.25) is 4.79 Å². The highest BCUT2D eigenvalue weighted by Crippen LogP contribution is 2.30. The second-order valence-corrected chi connectivity index (χ2v) is 6.56. The van der Waals surface area contributed by atoms with E-state index in [1.807, 2.05) is 79.7 Å². The number of ether oxygens (including phenoxy) is 3. The van der Waals surface area contributed by atoms with Crippen LogP contribution in [-0.4, -0.2) is 20.1 Å². The molecule has 3 aromatic rings. The SMILES string of the molecule is COc1ccc(C(C)NC(=O)C(Oc2ccccc2)c2ccccc2)c(OC)c1. The fraction of sp³-hybridized carbons (Fsp3) is 0.208. The second-order valence-electron chi connectivity index (χ2n) is 6.56. The van der Waals surface area contributed by atoms with Gasteiger partial charge in [0.1, 0.15) is 17.2 Å². The molecule has 0 aliphatic rings. The minimum Gasteiger partial charge on any atom is -0.497 e. The van der Waals surface area contributed by atoms with Crippen molar-refractivity contribution in [3.63, 3.8) is 0 Å². The summed E-state index contributed by atoms with van der Waals surface area (Å²) in [5.41, 5.74) is 1.64. The summed E-state index contributed by atoms with van der Waals surface area (Å²) in [4.78, 5) is 13.2. The molecule has 2 atom stereocenters. The van der Waals surface area contributed by atoms with Crippen LogP contribution in [0.4, 0.5) is 0 Å². The van der Waals surface area contributed by atoms with E-state index in [1.165, 1.54) is 0 Å². The highest BCUT2D eigenvalue weighted by atomic mass is 16.5. The summed E-state index contributed by atoms with van der Waals surface area (Å²) in [6, 6.07) is 24.0. The fourth-order valence-corrected chi connectivity index (χ4v) is 3.08. The number of benzene rings is 3. The van der Waals surface area contributed by atoms with Crippen LogP contribution < -0.4 is 19.5 Å². The van der Waals surface area contributed by atoms with Crippen LogP contribution in [0.5, 0.6) is 17.2 Å². The van der Waals surface area contributed by atoms with E-state index in [0.29, 0.717) is 17.2 Å². The van der Waals surface area contributed by atoms with Gasteiger partial charge in [-0.25, -0.2) is 0 Å². The van der Waals surface area contributed by atoms with Gasteiger partial charge in [-0.1, -0.05) is 48.5 Å². The molecule has 0 aliphatic heterocycles. The van der Waals surface area contributed by atoms with E-state index in [9.17, 15) is 4.79 Å². The van der Waals surface area contributed by atoms with Gasteiger partial charge in [-0.05, 0) is 31.2 Å². The van der Waals surface area contributed by atoms with Gasteiger partial charge in [0.15, 0.2) is 0 Å². The molecule has 1 N–H and O–H groups in total. The minimum absolute atomic E-state index is 0.231. The van der Waals surface area contributed by atoms with Crippen molar-refractivity contribution in [1.29, 1.82) is 0 Å². The molecule has 3 rings (SSSR count). The Morgan fingerprint density at radius 2 is 1.48 bits per heavy atom. The quantitative estimate of drug-likeness (QED) is 0.605. The van der Waals surface area contributed by atoms with Gasteiger partial charge in [0.2, 0.25) is 6.10 Å². The molecule has 3 aromatic carbocycles. The largest absolute Gasteiger partial charge is 0.497 e. The fourth-order valence-electron chi connectivity index (χ4n) is 3.08. The Bertz CT molecular complexity index is 928. The zero-order valence-electron chi connectivity index (χ0n) is 16.8. The van der Waals surface area contributed by atoms with Crippen molar-refractivity contribution in [3.05, 3.63) is 90.0 Å². The molecule has 0 aromatic heterocycles. The standard InChI is InChI=1S/C24H25NO4/c1-17(21-15-14-20(27-2)16-22(21)28-3)25-24(26)23(18-10-6-4-7-11-18)29-19-12-8-5-9-13-19/h4-17,23H,1-3H3,(H,25,26). The van der Waals surface area contributed by atoms with Gasteiger partial charge in [-0.15, -0.1) is 0 Å². The van der Waals surface area contributed by atoms with Crippen LogP contribution in [0, 0.1) is 0 Å². The van der Waals surface area contributed by atoms with Crippen molar-refractivity contribution in [3.8, 4) is 17.2 Å². The monoisotopic (exact) mass is 391 g/mol. The summed E-state index contributed by atoms with van der Waals surface area (Å²) in [5.74, 6) is 1.74. The maximum absolute atomic E-state index is 13.2. The second kappa shape index (κ2) is 9.64. The van der Waals surface area contributed by atoms with E-state index in [0.717, 1.165) is 11.1 Å². The first-order valence-electron chi connectivity index (χ1n) is 9.41. The predicted octanol–water partition coefficient (Wildman–Crippen LogP) is 4.70. The number of hydrogen-bond donors (Lipinski definition) is 1. The first-order valence-corrected chi connectivity index (χ1v) is 9.41. The van der Waals surface area contributed by atoms with Crippen molar-refractivity contribution in [2.24, 2.45) is 0 Å². The lowest BCUT2D eigenvalue weighted by Crippen LogP contribution is -2.34. The lowest BCUT2D eigenvalue weighted by molar-refractivity contribution is -0.129. The first-order chi connectivity index (χ1) is 14.1. The summed E-state index contributed by atoms with van der Waals surface area (Å²) in [6.45, 7) is 1.91. The van der Waals surface area contributed by atoms with Crippen LogP contribution >= 0.6 is 0 Å². The molecule has 0 bridgehead atoms. The van der Waals surface area contributed by atoms with E-state index < -0.39 is 6.10 Å².